The highest BCUT2D eigenvalue weighted by molar-refractivity contribution is 5.73. The lowest BCUT2D eigenvalue weighted by molar-refractivity contribution is 0.172. The second-order valence-corrected chi connectivity index (χ2v) is 19.8. The van der Waals surface area contributed by atoms with Gasteiger partial charge in [-0.3, -0.25) is 0 Å². The van der Waals surface area contributed by atoms with Gasteiger partial charge in [0.1, 0.15) is 0 Å². The van der Waals surface area contributed by atoms with E-state index in [1.807, 2.05) is 0 Å². The van der Waals surface area contributed by atoms with E-state index in [0.717, 1.165) is 32.1 Å². The van der Waals surface area contributed by atoms with E-state index in [1.54, 1.807) is 22.3 Å². The van der Waals surface area contributed by atoms with Crippen LogP contribution in [-0.4, -0.2) is 4.90 Å². The summed E-state index contributed by atoms with van der Waals surface area (Å²) in [6, 6.07) is 22.6. The van der Waals surface area contributed by atoms with Crippen molar-refractivity contribution in [2.75, 3.05) is 0 Å². The number of fused-ring (bicyclic) bond motifs is 5. The summed E-state index contributed by atoms with van der Waals surface area (Å²) in [5, 5.41) is 0. The van der Waals surface area contributed by atoms with Crippen LogP contribution in [0, 0.1) is 45.8 Å². The predicted molar refractivity (Wildman–Crippen MR) is 246 cm³/mol. The summed E-state index contributed by atoms with van der Waals surface area (Å²) < 4.78 is 0. The predicted octanol–water partition coefficient (Wildman–Crippen LogP) is 14.7. The fourth-order valence-corrected chi connectivity index (χ4v) is 13.4. The van der Waals surface area contributed by atoms with Crippen LogP contribution >= 0.6 is 0 Å². The Morgan fingerprint density at radius 1 is 0.678 bits per heavy atom. The Hall–Kier alpha value is -4.88. The van der Waals surface area contributed by atoms with Crippen molar-refractivity contribution in [2.45, 2.75) is 91.4 Å². The van der Waals surface area contributed by atoms with Crippen LogP contribution in [0.3, 0.4) is 0 Å². The van der Waals surface area contributed by atoms with Crippen molar-refractivity contribution in [3.8, 4) is 0 Å². The molecular weight excluding hydrogens is 711 g/mol. The highest BCUT2D eigenvalue weighted by atomic mass is 15.2. The summed E-state index contributed by atoms with van der Waals surface area (Å²) in [6.45, 7) is 7.71. The van der Waals surface area contributed by atoms with Gasteiger partial charge in [0.15, 0.2) is 0 Å². The smallest absolute Gasteiger partial charge is 0.0424 e. The van der Waals surface area contributed by atoms with Crippen LogP contribution in [-0.2, 0) is 6.42 Å². The zero-order valence-electron chi connectivity index (χ0n) is 35.5. The molecule has 5 unspecified atom stereocenters. The van der Waals surface area contributed by atoms with Crippen LogP contribution in [0.5, 0.6) is 0 Å². The van der Waals surface area contributed by atoms with Crippen molar-refractivity contribution in [3.63, 3.8) is 0 Å². The molecule has 0 aromatic heterocycles. The molecule has 0 bridgehead atoms. The molecule has 0 aliphatic heterocycles. The minimum absolute atomic E-state index is 0.0300. The number of allylic oxidation sites excluding steroid dienone is 21. The number of hydrogen-bond acceptors (Lipinski definition) is 1. The summed E-state index contributed by atoms with van der Waals surface area (Å²) >= 11 is 0. The Bertz CT molecular complexity index is 2430. The van der Waals surface area contributed by atoms with Crippen LogP contribution in [0.2, 0.25) is 0 Å². The molecule has 0 N–H and O–H groups in total. The van der Waals surface area contributed by atoms with Gasteiger partial charge in [-0.05, 0) is 128 Å². The van der Waals surface area contributed by atoms with Crippen molar-refractivity contribution in [1.82, 2.24) is 4.90 Å². The average Bonchev–Trinajstić information content (AvgIpc) is 3.65. The van der Waals surface area contributed by atoms with Gasteiger partial charge < -0.3 is 4.90 Å². The molecule has 11 rings (SSSR count). The SMILES string of the molecule is CC1(C)C2=C(CCCC2)C2C=CC(N(C3=CC4CCC=CC4C=C3)C3=CC4C(C=C3)C3=C(CCC(c5ccccc5)=C3)[C@@]4(Cc3ccccc3)C3=CCCC=C3)=C[C@]21C. The van der Waals surface area contributed by atoms with E-state index >= 15 is 0 Å². The third-order valence-electron chi connectivity index (χ3n) is 16.7. The van der Waals surface area contributed by atoms with Gasteiger partial charge in [-0.1, -0.05) is 171 Å². The molecule has 7 atom stereocenters. The van der Waals surface area contributed by atoms with Gasteiger partial charge in [-0.25, -0.2) is 0 Å². The lowest BCUT2D eigenvalue weighted by Gasteiger charge is -2.46. The van der Waals surface area contributed by atoms with Crippen LogP contribution in [0.15, 0.2) is 197 Å². The van der Waals surface area contributed by atoms with E-state index in [9.17, 15) is 0 Å². The molecule has 9 aliphatic rings. The maximum Gasteiger partial charge on any atom is 0.0424 e. The quantitative estimate of drug-likeness (QED) is 0.253. The fourth-order valence-electron chi connectivity index (χ4n) is 13.4. The largest absolute Gasteiger partial charge is 0.311 e. The minimum Gasteiger partial charge on any atom is -0.311 e. The topological polar surface area (TPSA) is 3.24 Å². The van der Waals surface area contributed by atoms with Crippen molar-refractivity contribution in [2.24, 2.45) is 45.8 Å². The van der Waals surface area contributed by atoms with E-state index < -0.39 is 0 Å². The van der Waals surface area contributed by atoms with E-state index in [2.05, 4.69) is 177 Å². The number of nitrogens with zero attached hydrogens (tertiary/aromatic N) is 1. The fraction of sp³-hybridized carbons (Fsp3) is 0.379. The molecule has 2 aromatic rings. The van der Waals surface area contributed by atoms with Crippen molar-refractivity contribution in [3.05, 3.63) is 208 Å². The lowest BCUT2D eigenvalue weighted by atomic mass is 9.60. The first-order valence-corrected chi connectivity index (χ1v) is 23.2. The van der Waals surface area contributed by atoms with E-state index in [4.69, 9.17) is 0 Å². The van der Waals surface area contributed by atoms with E-state index in [-0.39, 0.29) is 16.2 Å². The first kappa shape index (κ1) is 37.1. The Kier molecular flexibility index (Phi) is 9.06. The van der Waals surface area contributed by atoms with Gasteiger partial charge in [0.25, 0.3) is 0 Å². The standard InChI is InChI=1S/C58H61N/c1-56(2)52-26-16-15-25-50(52)53-34-31-48(39-57(53,56)3)59(46-29-27-42-21-13-14-22-43(42)35-46)47-30-32-49-51-36-44(41-19-9-5-10-20-41)28-33-54(51)58(55(49)37-47,45-23-11-6-12-24-45)38-40-17-7-4-8-18-40/h4-5,7-11,13,17-21,23-24,27,29-32,34-37,39,42-43,49,53,55H,6,12,14-16,22,25-26,28,33,38H2,1-3H3/t42?,43?,49?,53?,55?,57-,58-/m1/s1. The first-order chi connectivity index (χ1) is 28.8. The zero-order valence-corrected chi connectivity index (χ0v) is 35.5. The molecule has 0 radical (unpaired) electrons. The molecule has 0 amide bonds. The molecule has 298 valence electrons. The highest BCUT2D eigenvalue weighted by Gasteiger charge is 2.57. The second kappa shape index (κ2) is 14.4. The monoisotopic (exact) mass is 771 g/mol. The Labute approximate surface area is 354 Å². The van der Waals surface area contributed by atoms with Gasteiger partial charge >= 0.3 is 0 Å². The first-order valence-electron chi connectivity index (χ1n) is 23.2. The number of hydrogen-bond donors (Lipinski definition) is 0. The van der Waals surface area contributed by atoms with Crippen molar-refractivity contribution >= 4 is 5.57 Å². The second-order valence-electron chi connectivity index (χ2n) is 19.8. The molecule has 9 aliphatic carbocycles. The Morgan fingerprint density at radius 2 is 1.46 bits per heavy atom. The Balaban J connectivity index is 1.09. The molecule has 1 heteroatoms. The summed E-state index contributed by atoms with van der Waals surface area (Å²) in [6.07, 6.45) is 51.5. The summed E-state index contributed by atoms with van der Waals surface area (Å²) in [4.78, 5) is 2.70. The minimum atomic E-state index is -0.126. The summed E-state index contributed by atoms with van der Waals surface area (Å²) in [5.41, 5.74) is 16.6. The normalized spacial score (nSPS) is 33.5. The molecule has 0 fully saturated rings. The van der Waals surface area contributed by atoms with Gasteiger partial charge in [0, 0.05) is 51.6 Å². The van der Waals surface area contributed by atoms with Gasteiger partial charge in [0.05, 0.1) is 0 Å². The molecule has 59 heavy (non-hydrogen) atoms. The molecule has 0 saturated carbocycles. The third-order valence-corrected chi connectivity index (χ3v) is 16.7. The molecule has 0 heterocycles. The maximum atomic E-state index is 2.76. The number of benzene rings is 2. The molecule has 2 aromatic carbocycles. The molecule has 0 spiro atoms. The third kappa shape index (κ3) is 5.84. The van der Waals surface area contributed by atoms with Gasteiger partial charge in [-0.15, -0.1) is 0 Å². The Morgan fingerprint density at radius 3 is 2.29 bits per heavy atom. The van der Waals surface area contributed by atoms with Crippen LogP contribution in [0.4, 0.5) is 0 Å². The zero-order chi connectivity index (χ0) is 39.8. The van der Waals surface area contributed by atoms with Crippen molar-refractivity contribution in [1.29, 1.82) is 0 Å². The van der Waals surface area contributed by atoms with Crippen molar-refractivity contribution < 1.29 is 0 Å². The number of rotatable bonds is 7. The summed E-state index contributed by atoms with van der Waals surface area (Å²) in [5.74, 6) is 2.14. The van der Waals surface area contributed by atoms with Gasteiger partial charge in [-0.2, -0.15) is 0 Å². The van der Waals surface area contributed by atoms with Crippen LogP contribution in [0.25, 0.3) is 5.57 Å². The average molecular weight is 772 g/mol. The van der Waals surface area contributed by atoms with E-state index in [0.29, 0.717) is 29.6 Å². The molecule has 1 nitrogen and oxygen atoms in total. The molecular formula is C58H61N. The highest BCUT2D eigenvalue weighted by Crippen LogP contribution is 2.66. The summed E-state index contributed by atoms with van der Waals surface area (Å²) in [7, 11) is 0. The van der Waals surface area contributed by atoms with E-state index in [1.165, 1.54) is 77.9 Å². The maximum absolute atomic E-state index is 2.76. The van der Waals surface area contributed by atoms with Crippen LogP contribution < -0.4 is 0 Å². The van der Waals surface area contributed by atoms with Gasteiger partial charge in [0.2, 0.25) is 0 Å². The lowest BCUT2D eigenvalue weighted by Crippen LogP contribution is -2.39. The van der Waals surface area contributed by atoms with Crippen LogP contribution in [0.1, 0.15) is 96.1 Å². The molecule has 0 saturated heterocycles.